The third-order valence-corrected chi connectivity index (χ3v) is 7.03. The summed E-state index contributed by atoms with van der Waals surface area (Å²) < 4.78 is 0. The lowest BCUT2D eigenvalue weighted by molar-refractivity contribution is -0.144. The maximum absolute atomic E-state index is 12.8. The fourth-order valence-corrected chi connectivity index (χ4v) is 4.79. The number of aliphatic hydroxyl groups is 1. The average molecular weight is 567 g/mol. The van der Waals surface area contributed by atoms with Gasteiger partial charge in [-0.25, -0.2) is 4.99 Å². The molecule has 4 atom stereocenters. The van der Waals surface area contributed by atoms with Crippen LogP contribution in [0.4, 0.5) is 0 Å². The Morgan fingerprint density at radius 2 is 1.82 bits per heavy atom. The standard InChI is InChI=1S/C23H34N8O7S/c1-11(27-17(33)8-15(24)14-6-7-31(10-14)22(25)26)20(36)28-12(2)21(37)30-23(38,9-19(34)35)16-4-5-18(39-16)29-13(3)32/h4,6,11-12,15,38H,5,7-10,24H2,1-3H3,(H3,25,26)(H,27,33)(H,28,36)(H,30,37)(H,34,35). The van der Waals surface area contributed by atoms with Crippen LogP contribution in [-0.2, 0) is 24.0 Å². The minimum Gasteiger partial charge on any atom is -0.481 e. The number of carbonyl (C=O) groups excluding carboxylic acids is 4. The molecule has 0 aliphatic carbocycles. The topological polar surface area (TPSA) is 253 Å². The molecule has 0 saturated heterocycles. The van der Waals surface area contributed by atoms with Crippen molar-refractivity contribution in [3.63, 3.8) is 0 Å². The minimum absolute atomic E-state index is 0.0811. The van der Waals surface area contributed by atoms with E-state index in [0.717, 1.165) is 17.3 Å². The molecule has 2 aliphatic rings. The zero-order valence-electron chi connectivity index (χ0n) is 21.8. The number of carboxylic acid groups (broad SMARTS) is 1. The van der Waals surface area contributed by atoms with E-state index in [-0.39, 0.29) is 23.7 Å². The molecule has 39 heavy (non-hydrogen) atoms. The molecule has 0 aromatic rings. The molecular formula is C23H34N8O7S. The van der Waals surface area contributed by atoms with E-state index in [1.807, 2.05) is 0 Å². The van der Waals surface area contributed by atoms with Gasteiger partial charge in [0.05, 0.1) is 11.5 Å². The number of rotatable bonds is 11. The van der Waals surface area contributed by atoms with Crippen molar-refractivity contribution in [2.24, 2.45) is 16.5 Å². The second-order valence-electron chi connectivity index (χ2n) is 9.19. The van der Waals surface area contributed by atoms with Crippen LogP contribution in [-0.4, -0.2) is 92.7 Å². The number of carboxylic acids is 1. The zero-order valence-corrected chi connectivity index (χ0v) is 22.6. The second-order valence-corrected chi connectivity index (χ2v) is 10.3. The molecule has 2 aliphatic heterocycles. The van der Waals surface area contributed by atoms with Gasteiger partial charge in [0.15, 0.2) is 11.7 Å². The molecule has 10 N–H and O–H groups in total. The quantitative estimate of drug-likeness (QED) is 0.0593. The van der Waals surface area contributed by atoms with Crippen LogP contribution in [0.1, 0.15) is 40.0 Å². The van der Waals surface area contributed by atoms with Crippen LogP contribution in [0.5, 0.6) is 0 Å². The molecular weight excluding hydrogens is 532 g/mol. The smallest absolute Gasteiger partial charge is 0.308 e. The largest absolute Gasteiger partial charge is 0.481 e. The molecule has 4 amide bonds. The van der Waals surface area contributed by atoms with Gasteiger partial charge < -0.3 is 42.5 Å². The Hall–Kier alpha value is -3.76. The van der Waals surface area contributed by atoms with E-state index >= 15 is 0 Å². The highest BCUT2D eigenvalue weighted by Crippen LogP contribution is 2.36. The van der Waals surface area contributed by atoms with Gasteiger partial charge in [0.2, 0.25) is 23.6 Å². The van der Waals surface area contributed by atoms with Crippen molar-refractivity contribution >= 4 is 52.4 Å². The number of guanidine groups is 1. The monoisotopic (exact) mass is 566 g/mol. The molecule has 0 aromatic carbocycles. The van der Waals surface area contributed by atoms with Crippen molar-refractivity contribution < 1.29 is 34.2 Å². The molecule has 0 spiro atoms. The first-order chi connectivity index (χ1) is 18.1. The summed E-state index contributed by atoms with van der Waals surface area (Å²) in [5.41, 5.74) is 9.97. The third-order valence-electron chi connectivity index (χ3n) is 5.81. The summed E-state index contributed by atoms with van der Waals surface area (Å²) in [7, 11) is 0. The average Bonchev–Trinajstić information content (AvgIpc) is 3.48. The van der Waals surface area contributed by atoms with Gasteiger partial charge in [-0.2, -0.15) is 0 Å². The van der Waals surface area contributed by atoms with Gasteiger partial charge in [0, 0.05) is 43.8 Å². The predicted octanol–water partition coefficient (Wildman–Crippen LogP) is -1.91. The van der Waals surface area contributed by atoms with Crippen LogP contribution >= 0.6 is 11.8 Å². The number of amides is 4. The number of aliphatic carboxylic acids is 1. The maximum atomic E-state index is 12.8. The normalized spacial score (nSPS) is 19.7. The van der Waals surface area contributed by atoms with Crippen molar-refractivity contribution in [1.29, 1.82) is 5.41 Å². The number of carbonyl (C=O) groups is 5. The third kappa shape index (κ3) is 9.19. The Morgan fingerprint density at radius 3 is 2.38 bits per heavy atom. The van der Waals surface area contributed by atoms with Crippen molar-refractivity contribution in [3.8, 4) is 0 Å². The molecule has 15 nitrogen and oxygen atoms in total. The molecule has 214 valence electrons. The highest BCUT2D eigenvalue weighted by Gasteiger charge is 2.40. The number of aliphatic imine (C=N–C) groups is 1. The van der Waals surface area contributed by atoms with Crippen molar-refractivity contribution in [3.05, 3.63) is 22.6 Å². The number of nitrogens with one attached hydrogen (secondary N) is 4. The summed E-state index contributed by atoms with van der Waals surface area (Å²) >= 11 is 0.876. The Balaban J connectivity index is 1.92. The highest BCUT2D eigenvalue weighted by atomic mass is 32.2. The number of hydrogen-bond donors (Lipinski definition) is 8. The first kappa shape index (κ1) is 31.5. The summed E-state index contributed by atoms with van der Waals surface area (Å²) in [5.74, 6) is -4.05. The van der Waals surface area contributed by atoms with E-state index in [1.165, 1.54) is 26.8 Å². The van der Waals surface area contributed by atoms with Crippen LogP contribution in [0.2, 0.25) is 0 Å². The summed E-state index contributed by atoms with van der Waals surface area (Å²) in [6, 6.07) is -2.88. The molecule has 0 aromatic heterocycles. The number of nitrogens with zero attached hydrogens (tertiary/aromatic N) is 2. The zero-order chi connectivity index (χ0) is 29.5. The van der Waals surface area contributed by atoms with Crippen molar-refractivity contribution in [2.75, 3.05) is 13.1 Å². The van der Waals surface area contributed by atoms with E-state index in [0.29, 0.717) is 18.1 Å². The Labute approximate surface area is 229 Å². The minimum atomic E-state index is -2.30. The highest BCUT2D eigenvalue weighted by molar-refractivity contribution is 8.17. The van der Waals surface area contributed by atoms with Crippen molar-refractivity contribution in [1.82, 2.24) is 20.9 Å². The number of thioether (sulfide) groups is 1. The van der Waals surface area contributed by atoms with E-state index in [4.69, 9.17) is 16.9 Å². The molecule has 16 heteroatoms. The van der Waals surface area contributed by atoms with Gasteiger partial charge in [-0.15, -0.1) is 0 Å². The van der Waals surface area contributed by atoms with Gasteiger partial charge in [-0.05, 0) is 19.4 Å². The summed E-state index contributed by atoms with van der Waals surface area (Å²) in [6.07, 6.45) is 2.43. The molecule has 0 bridgehead atoms. The van der Waals surface area contributed by atoms with E-state index in [9.17, 15) is 34.2 Å². The number of nitrogens with two attached hydrogens (primary N) is 2. The Bertz CT molecular complexity index is 1140. The van der Waals surface area contributed by atoms with Gasteiger partial charge in [-0.1, -0.05) is 23.9 Å². The molecule has 2 heterocycles. The predicted molar refractivity (Wildman–Crippen MR) is 143 cm³/mol. The Morgan fingerprint density at radius 1 is 1.18 bits per heavy atom. The molecule has 4 unspecified atom stereocenters. The SMILES string of the molecule is CC(=O)N=C1CC=C(C(O)(CC(=O)O)NC(=O)C(C)NC(=O)C(C)NC(=O)CC(N)C2=CCN(C(=N)N)C2)S1. The summed E-state index contributed by atoms with van der Waals surface area (Å²) in [4.78, 5) is 65.8. The van der Waals surface area contributed by atoms with E-state index < -0.39 is 59.9 Å². The van der Waals surface area contributed by atoms with E-state index in [1.54, 1.807) is 11.0 Å². The van der Waals surface area contributed by atoms with Gasteiger partial charge in [0.1, 0.15) is 12.1 Å². The first-order valence-electron chi connectivity index (χ1n) is 12.0. The van der Waals surface area contributed by atoms with E-state index in [2.05, 4.69) is 20.9 Å². The summed E-state index contributed by atoms with van der Waals surface area (Å²) in [6.45, 7) is 4.73. The molecule has 0 radical (unpaired) electrons. The number of allylic oxidation sites excluding steroid dienone is 1. The van der Waals surface area contributed by atoms with Crippen LogP contribution < -0.4 is 27.4 Å². The lowest BCUT2D eigenvalue weighted by atomic mass is 10.1. The first-order valence-corrected chi connectivity index (χ1v) is 12.8. The van der Waals surface area contributed by atoms with Crippen LogP contribution in [0, 0.1) is 5.41 Å². The van der Waals surface area contributed by atoms with Gasteiger partial charge in [0.25, 0.3) is 0 Å². The van der Waals surface area contributed by atoms with Crippen LogP contribution in [0.3, 0.4) is 0 Å². The van der Waals surface area contributed by atoms with Crippen LogP contribution in [0.25, 0.3) is 0 Å². The second kappa shape index (κ2) is 13.3. The van der Waals surface area contributed by atoms with Crippen molar-refractivity contribution in [2.45, 2.75) is 63.9 Å². The van der Waals surface area contributed by atoms with Gasteiger partial charge in [-0.3, -0.25) is 29.4 Å². The molecule has 0 saturated carbocycles. The fraction of sp³-hybridized carbons (Fsp3) is 0.522. The molecule has 0 fully saturated rings. The number of hydrogen-bond acceptors (Lipinski definition) is 9. The van der Waals surface area contributed by atoms with Gasteiger partial charge >= 0.3 is 5.97 Å². The molecule has 2 rings (SSSR count). The maximum Gasteiger partial charge on any atom is 0.308 e. The Kier molecular flexibility index (Phi) is 10.8. The lowest BCUT2D eigenvalue weighted by Crippen LogP contribution is -2.57. The fourth-order valence-electron chi connectivity index (χ4n) is 3.74. The summed E-state index contributed by atoms with van der Waals surface area (Å²) in [5, 5.41) is 35.2. The van der Waals surface area contributed by atoms with Crippen LogP contribution in [0.15, 0.2) is 27.6 Å². The lowest BCUT2D eigenvalue weighted by Gasteiger charge is -2.30.